The number of carboxylic acids is 1. The lowest BCUT2D eigenvalue weighted by Gasteiger charge is -2.15. The van der Waals surface area contributed by atoms with Crippen LogP contribution in [0.15, 0.2) is 0 Å². The van der Waals surface area contributed by atoms with Crippen LogP contribution in [0.5, 0.6) is 0 Å². The molecule has 104 valence electrons. The second-order valence-electron chi connectivity index (χ2n) is 5.06. The average molecular weight is 287 g/mol. The Morgan fingerprint density at radius 2 is 2.00 bits per heavy atom. The first-order valence-corrected chi connectivity index (χ1v) is 7.78. The predicted molar refractivity (Wildman–Crippen MR) is 62.7 cm³/mol. The lowest BCUT2D eigenvalue weighted by molar-refractivity contribution is 0.0688. The fourth-order valence-electron chi connectivity index (χ4n) is 2.48. The molecule has 2 heterocycles. The van der Waals surface area contributed by atoms with E-state index in [4.69, 9.17) is 5.11 Å². The molecule has 1 aromatic heterocycles. The molecule has 1 aromatic rings. The highest BCUT2D eigenvalue weighted by atomic mass is 32.2. The van der Waals surface area contributed by atoms with Crippen molar-refractivity contribution in [2.24, 2.45) is 0 Å². The highest BCUT2D eigenvalue weighted by Gasteiger charge is 2.43. The molecule has 0 aromatic carbocycles. The van der Waals surface area contributed by atoms with Gasteiger partial charge in [-0.2, -0.15) is 0 Å². The Morgan fingerprint density at radius 3 is 2.47 bits per heavy atom. The van der Waals surface area contributed by atoms with Crippen LogP contribution in [0.4, 0.5) is 0 Å². The molecule has 0 radical (unpaired) electrons. The number of nitrogens with zero attached hydrogens (tertiary/aromatic N) is 3. The first kappa shape index (κ1) is 12.5. The van der Waals surface area contributed by atoms with Crippen LogP contribution in [0.2, 0.25) is 0 Å². The number of aromatic nitrogens is 3. The fourth-order valence-corrected chi connectivity index (χ4v) is 4.24. The summed E-state index contributed by atoms with van der Waals surface area (Å²) < 4.78 is 24.4. The van der Waals surface area contributed by atoms with Gasteiger partial charge in [0.25, 0.3) is 0 Å². The minimum absolute atomic E-state index is 0.0524. The third-order valence-electron chi connectivity index (χ3n) is 3.50. The second-order valence-corrected chi connectivity index (χ2v) is 7.21. The van der Waals surface area contributed by atoms with E-state index in [2.05, 4.69) is 10.3 Å². The number of aromatic carboxylic acids is 1. The van der Waals surface area contributed by atoms with Crippen molar-refractivity contribution in [3.63, 3.8) is 0 Å². The van der Waals surface area contributed by atoms with Crippen LogP contribution in [0.3, 0.4) is 0 Å². The topological polar surface area (TPSA) is 122 Å². The van der Waals surface area contributed by atoms with Gasteiger partial charge < -0.3 is 10.2 Å². The summed E-state index contributed by atoms with van der Waals surface area (Å²) in [4.78, 5) is 11.1. The molecule has 1 aliphatic carbocycles. The van der Waals surface area contributed by atoms with Crippen molar-refractivity contribution < 1.29 is 23.4 Å². The summed E-state index contributed by atoms with van der Waals surface area (Å²) in [7, 11) is -3.31. The van der Waals surface area contributed by atoms with Crippen molar-refractivity contribution in [2.45, 2.75) is 30.9 Å². The summed E-state index contributed by atoms with van der Waals surface area (Å²) >= 11 is 0. The van der Waals surface area contributed by atoms with E-state index in [9.17, 15) is 18.3 Å². The van der Waals surface area contributed by atoms with Crippen molar-refractivity contribution in [3.8, 4) is 0 Å². The molecular formula is C10H13N3O5S. The quantitative estimate of drug-likeness (QED) is 0.744. The molecule has 2 aliphatic rings. The first-order chi connectivity index (χ1) is 8.89. The van der Waals surface area contributed by atoms with Crippen LogP contribution in [-0.2, 0) is 9.84 Å². The number of aliphatic hydroxyl groups excluding tert-OH is 1. The Bertz CT molecular complexity index is 634. The highest BCUT2D eigenvalue weighted by molar-refractivity contribution is 7.91. The van der Waals surface area contributed by atoms with E-state index in [1.807, 2.05) is 0 Å². The molecule has 1 saturated heterocycles. The molecule has 19 heavy (non-hydrogen) atoms. The molecule has 2 atom stereocenters. The monoisotopic (exact) mass is 287 g/mol. The van der Waals surface area contributed by atoms with Gasteiger partial charge in [-0.1, -0.05) is 5.21 Å². The smallest absolute Gasteiger partial charge is 0.358 e. The van der Waals surface area contributed by atoms with Gasteiger partial charge in [0.1, 0.15) is 0 Å². The number of rotatable bonds is 3. The van der Waals surface area contributed by atoms with Gasteiger partial charge in [-0.3, -0.25) is 0 Å². The molecule has 2 N–H and O–H groups in total. The first-order valence-electron chi connectivity index (χ1n) is 5.96. The maximum absolute atomic E-state index is 11.5. The van der Waals surface area contributed by atoms with Gasteiger partial charge in [0, 0.05) is 5.92 Å². The standard InChI is InChI=1S/C10H13N3O5S/c14-7-4-19(17,18)3-6(7)13-9(5-1-2-5)8(10(15)16)11-12-13/h5-7,14H,1-4H2,(H,15,16). The van der Waals surface area contributed by atoms with Crippen LogP contribution in [0.25, 0.3) is 0 Å². The predicted octanol–water partition coefficient (Wildman–Crippen LogP) is -0.816. The van der Waals surface area contributed by atoms with Crippen LogP contribution in [0.1, 0.15) is 41.0 Å². The molecular weight excluding hydrogens is 274 g/mol. The van der Waals surface area contributed by atoms with E-state index in [0.717, 1.165) is 12.8 Å². The van der Waals surface area contributed by atoms with Gasteiger partial charge in [-0.15, -0.1) is 5.10 Å². The summed E-state index contributed by atoms with van der Waals surface area (Å²) in [5, 5.41) is 26.3. The van der Waals surface area contributed by atoms with E-state index >= 15 is 0 Å². The van der Waals surface area contributed by atoms with Crippen LogP contribution >= 0.6 is 0 Å². The number of sulfone groups is 1. The van der Waals surface area contributed by atoms with Crippen LogP contribution in [-0.4, -0.2) is 57.2 Å². The molecule has 9 heteroatoms. The van der Waals surface area contributed by atoms with Crippen LogP contribution < -0.4 is 0 Å². The van der Waals surface area contributed by atoms with Crippen molar-refractivity contribution in [1.82, 2.24) is 15.0 Å². The van der Waals surface area contributed by atoms with Gasteiger partial charge in [-0.05, 0) is 12.8 Å². The number of carboxylic acid groups (broad SMARTS) is 1. The number of hydrogen-bond acceptors (Lipinski definition) is 6. The third-order valence-corrected chi connectivity index (χ3v) is 5.20. The molecule has 8 nitrogen and oxygen atoms in total. The van der Waals surface area contributed by atoms with Gasteiger partial charge in [-0.25, -0.2) is 17.9 Å². The van der Waals surface area contributed by atoms with Crippen molar-refractivity contribution in [2.75, 3.05) is 11.5 Å². The minimum Gasteiger partial charge on any atom is -0.476 e. The summed E-state index contributed by atoms with van der Waals surface area (Å²) in [5.41, 5.74) is 0.299. The average Bonchev–Trinajstić information content (AvgIpc) is 2.97. The molecule has 1 aliphatic heterocycles. The summed E-state index contributed by atoms with van der Waals surface area (Å²) in [6.07, 6.45) is 0.609. The van der Waals surface area contributed by atoms with Gasteiger partial charge in [0.05, 0.1) is 29.3 Å². The van der Waals surface area contributed by atoms with Crippen molar-refractivity contribution in [1.29, 1.82) is 0 Å². The molecule has 0 spiro atoms. The Hall–Kier alpha value is -1.48. The normalized spacial score (nSPS) is 29.5. The zero-order valence-electron chi connectivity index (χ0n) is 9.93. The molecule has 0 bridgehead atoms. The Kier molecular flexibility index (Phi) is 2.65. The molecule has 1 saturated carbocycles. The lowest BCUT2D eigenvalue weighted by atomic mass is 10.1. The molecule has 2 unspecified atom stereocenters. The molecule has 3 rings (SSSR count). The minimum atomic E-state index is -3.31. The van der Waals surface area contributed by atoms with E-state index < -0.39 is 28.0 Å². The van der Waals surface area contributed by atoms with E-state index in [1.165, 1.54) is 4.68 Å². The summed E-state index contributed by atoms with van der Waals surface area (Å²) in [5.74, 6) is -1.67. The summed E-state index contributed by atoms with van der Waals surface area (Å²) in [6, 6.07) is -0.735. The third kappa shape index (κ3) is 2.12. The Morgan fingerprint density at radius 1 is 1.32 bits per heavy atom. The lowest BCUT2D eigenvalue weighted by Crippen LogP contribution is -2.25. The number of carbonyl (C=O) groups is 1. The molecule has 2 fully saturated rings. The Labute approximate surface area is 109 Å². The van der Waals surface area contributed by atoms with Gasteiger partial charge in [0.2, 0.25) is 0 Å². The van der Waals surface area contributed by atoms with E-state index in [1.54, 1.807) is 0 Å². The van der Waals surface area contributed by atoms with Crippen molar-refractivity contribution in [3.05, 3.63) is 11.4 Å². The van der Waals surface area contributed by atoms with E-state index in [-0.39, 0.29) is 23.1 Å². The van der Waals surface area contributed by atoms with Gasteiger partial charge >= 0.3 is 5.97 Å². The largest absolute Gasteiger partial charge is 0.476 e. The zero-order chi connectivity index (χ0) is 13.8. The number of hydrogen-bond donors (Lipinski definition) is 2. The maximum Gasteiger partial charge on any atom is 0.358 e. The molecule has 0 amide bonds. The maximum atomic E-state index is 11.5. The zero-order valence-corrected chi connectivity index (χ0v) is 10.7. The highest BCUT2D eigenvalue weighted by Crippen LogP contribution is 2.42. The Balaban J connectivity index is 2.04. The SMILES string of the molecule is O=C(O)c1nnn(C2CS(=O)(=O)CC2O)c1C1CC1. The second kappa shape index (κ2) is 4.01. The van der Waals surface area contributed by atoms with E-state index in [0.29, 0.717) is 5.69 Å². The van der Waals surface area contributed by atoms with Crippen LogP contribution in [0, 0.1) is 0 Å². The number of aliphatic hydroxyl groups is 1. The fraction of sp³-hybridized carbons (Fsp3) is 0.700. The summed E-state index contributed by atoms with van der Waals surface area (Å²) in [6.45, 7) is 0. The van der Waals surface area contributed by atoms with Crippen molar-refractivity contribution >= 4 is 15.8 Å². The van der Waals surface area contributed by atoms with Gasteiger partial charge in [0.15, 0.2) is 15.5 Å².